The van der Waals surface area contributed by atoms with Gasteiger partial charge in [0.2, 0.25) is 5.91 Å². The van der Waals surface area contributed by atoms with Crippen LogP contribution in [0, 0.1) is 5.92 Å². The lowest BCUT2D eigenvalue weighted by Crippen LogP contribution is -2.61. The Hall–Kier alpha value is -1.75. The molecule has 114 valence electrons. The van der Waals surface area contributed by atoms with Gasteiger partial charge in [0.1, 0.15) is 23.6 Å². The minimum atomic E-state index is -0.721. The molecular weight excluding hydrogens is 268 g/mol. The fourth-order valence-electron chi connectivity index (χ4n) is 2.66. The summed E-state index contributed by atoms with van der Waals surface area (Å²) in [7, 11) is 1.63. The summed E-state index contributed by atoms with van der Waals surface area (Å²) in [6.45, 7) is 0.288. The number of ether oxygens (including phenoxy) is 2. The first-order chi connectivity index (χ1) is 10.1. The van der Waals surface area contributed by atoms with E-state index in [1.165, 1.54) is 0 Å². The van der Waals surface area contributed by atoms with Gasteiger partial charge in [0.05, 0.1) is 7.11 Å². The first-order valence-corrected chi connectivity index (χ1v) is 7.48. The van der Waals surface area contributed by atoms with Crippen molar-refractivity contribution in [1.29, 1.82) is 0 Å². The predicted octanol–water partition coefficient (Wildman–Crippen LogP) is 1.46. The van der Waals surface area contributed by atoms with Crippen LogP contribution in [-0.2, 0) is 4.79 Å². The molecule has 21 heavy (non-hydrogen) atoms. The number of nitrogens with one attached hydrogen (secondary N) is 1. The number of benzene rings is 1. The van der Waals surface area contributed by atoms with Crippen LogP contribution in [0.3, 0.4) is 0 Å². The number of primary amides is 1. The largest absolute Gasteiger partial charge is 0.497 e. The highest BCUT2D eigenvalue weighted by atomic mass is 16.5. The number of methoxy groups -OCH3 is 1. The van der Waals surface area contributed by atoms with Crippen molar-refractivity contribution >= 4 is 5.91 Å². The molecule has 1 aromatic carbocycles. The van der Waals surface area contributed by atoms with Crippen molar-refractivity contribution in [3.8, 4) is 11.5 Å². The van der Waals surface area contributed by atoms with Gasteiger partial charge in [-0.1, -0.05) is 0 Å². The Bertz CT molecular complexity index is 509. The van der Waals surface area contributed by atoms with Gasteiger partial charge in [0.15, 0.2) is 0 Å². The molecule has 3 N–H and O–H groups in total. The fourth-order valence-corrected chi connectivity index (χ4v) is 2.66. The van der Waals surface area contributed by atoms with E-state index >= 15 is 0 Å². The molecule has 2 saturated carbocycles. The van der Waals surface area contributed by atoms with Gasteiger partial charge in [-0.15, -0.1) is 0 Å². The van der Waals surface area contributed by atoms with Crippen LogP contribution in [0.1, 0.15) is 25.7 Å². The van der Waals surface area contributed by atoms with E-state index in [1.54, 1.807) is 7.11 Å². The molecule has 0 aliphatic heterocycles. The average Bonchev–Trinajstić information content (AvgIpc) is 3.37. The molecule has 2 aliphatic rings. The maximum atomic E-state index is 12.0. The van der Waals surface area contributed by atoms with Crippen LogP contribution in [0.5, 0.6) is 11.5 Å². The third-order valence-corrected chi connectivity index (χ3v) is 4.28. The van der Waals surface area contributed by atoms with E-state index in [1.807, 2.05) is 24.3 Å². The van der Waals surface area contributed by atoms with Crippen LogP contribution in [0.2, 0.25) is 0 Å². The number of carbonyl (C=O) groups is 1. The molecule has 0 bridgehead atoms. The van der Waals surface area contributed by atoms with E-state index < -0.39 is 5.54 Å². The van der Waals surface area contributed by atoms with Crippen molar-refractivity contribution in [3.05, 3.63) is 24.3 Å². The first kappa shape index (κ1) is 14.2. The quantitative estimate of drug-likeness (QED) is 0.760. The fraction of sp³-hybridized carbons (Fsp3) is 0.562. The number of nitrogens with two attached hydrogens (primary N) is 1. The maximum Gasteiger partial charge on any atom is 0.241 e. The summed E-state index contributed by atoms with van der Waals surface area (Å²) in [4.78, 5) is 12.0. The SMILES string of the molecule is COc1ccc(OCC(NC2CC2)(C(N)=O)C2CC2)cc1. The van der Waals surface area contributed by atoms with Gasteiger partial charge in [-0.25, -0.2) is 0 Å². The van der Waals surface area contributed by atoms with Crippen molar-refractivity contribution in [3.63, 3.8) is 0 Å². The van der Waals surface area contributed by atoms with Crippen LogP contribution in [0.15, 0.2) is 24.3 Å². The zero-order chi connectivity index (χ0) is 14.9. The summed E-state index contributed by atoms with van der Waals surface area (Å²) >= 11 is 0. The molecule has 0 saturated heterocycles. The zero-order valence-electron chi connectivity index (χ0n) is 12.3. The van der Waals surface area contributed by atoms with Crippen molar-refractivity contribution in [1.82, 2.24) is 5.32 Å². The number of amides is 1. The minimum Gasteiger partial charge on any atom is -0.497 e. The third-order valence-electron chi connectivity index (χ3n) is 4.28. The first-order valence-electron chi connectivity index (χ1n) is 7.48. The van der Waals surface area contributed by atoms with E-state index in [9.17, 15) is 4.79 Å². The highest BCUT2D eigenvalue weighted by Crippen LogP contribution is 2.42. The van der Waals surface area contributed by atoms with Gasteiger partial charge in [-0.3, -0.25) is 10.1 Å². The van der Waals surface area contributed by atoms with Crippen molar-refractivity contribution in [2.24, 2.45) is 11.7 Å². The Morgan fingerprint density at radius 3 is 2.33 bits per heavy atom. The Labute approximate surface area is 124 Å². The summed E-state index contributed by atoms with van der Waals surface area (Å²) < 4.78 is 11.0. The second-order valence-electron chi connectivity index (χ2n) is 5.99. The monoisotopic (exact) mass is 290 g/mol. The molecule has 1 atom stereocenters. The molecule has 1 amide bonds. The van der Waals surface area contributed by atoms with Crippen molar-refractivity contribution in [2.75, 3.05) is 13.7 Å². The van der Waals surface area contributed by atoms with Gasteiger partial charge < -0.3 is 15.2 Å². The molecule has 2 fully saturated rings. The summed E-state index contributed by atoms with van der Waals surface area (Å²) in [5.74, 6) is 1.50. The molecule has 5 heteroatoms. The molecule has 5 nitrogen and oxygen atoms in total. The Balaban J connectivity index is 1.69. The van der Waals surface area contributed by atoms with E-state index in [-0.39, 0.29) is 12.5 Å². The standard InChI is InChI=1S/C16H22N2O3/c1-20-13-6-8-14(9-7-13)21-10-16(15(17)19,11-2-3-11)18-12-4-5-12/h6-9,11-12,18H,2-5,10H2,1H3,(H2,17,19). The second kappa shape index (κ2) is 5.56. The van der Waals surface area contributed by atoms with Gasteiger partial charge >= 0.3 is 0 Å². The highest BCUT2D eigenvalue weighted by molar-refractivity contribution is 5.86. The summed E-state index contributed by atoms with van der Waals surface area (Å²) in [6, 6.07) is 7.78. The van der Waals surface area contributed by atoms with Crippen LogP contribution in [0.25, 0.3) is 0 Å². The number of carbonyl (C=O) groups excluding carboxylic acids is 1. The summed E-state index contributed by atoms with van der Waals surface area (Å²) in [6.07, 6.45) is 4.30. The van der Waals surface area contributed by atoms with E-state index in [0.29, 0.717) is 12.0 Å². The molecule has 1 aromatic rings. The number of hydrogen-bond acceptors (Lipinski definition) is 4. The van der Waals surface area contributed by atoms with E-state index in [2.05, 4.69) is 5.32 Å². The van der Waals surface area contributed by atoms with Crippen molar-refractivity contribution in [2.45, 2.75) is 37.3 Å². The molecule has 0 heterocycles. The highest BCUT2D eigenvalue weighted by Gasteiger charge is 2.52. The number of rotatable bonds is 8. The maximum absolute atomic E-state index is 12.0. The lowest BCUT2D eigenvalue weighted by atomic mass is 9.93. The Morgan fingerprint density at radius 2 is 1.86 bits per heavy atom. The third kappa shape index (κ3) is 3.13. The predicted molar refractivity (Wildman–Crippen MR) is 79.3 cm³/mol. The van der Waals surface area contributed by atoms with E-state index in [0.717, 1.165) is 37.2 Å². The molecule has 1 unspecified atom stereocenters. The van der Waals surface area contributed by atoms with Crippen LogP contribution in [-0.4, -0.2) is 31.2 Å². The van der Waals surface area contributed by atoms with Crippen LogP contribution < -0.4 is 20.5 Å². The topological polar surface area (TPSA) is 73.6 Å². The normalized spacial score (nSPS) is 20.6. The van der Waals surface area contributed by atoms with Crippen LogP contribution >= 0.6 is 0 Å². The lowest BCUT2D eigenvalue weighted by molar-refractivity contribution is -0.126. The Morgan fingerprint density at radius 1 is 1.24 bits per heavy atom. The van der Waals surface area contributed by atoms with Gasteiger partial charge in [0, 0.05) is 6.04 Å². The molecule has 0 aromatic heterocycles. The van der Waals surface area contributed by atoms with Gasteiger partial charge in [0.25, 0.3) is 0 Å². The van der Waals surface area contributed by atoms with Crippen LogP contribution in [0.4, 0.5) is 0 Å². The van der Waals surface area contributed by atoms with Crippen molar-refractivity contribution < 1.29 is 14.3 Å². The minimum absolute atomic E-state index is 0.288. The molecule has 3 rings (SSSR count). The second-order valence-corrected chi connectivity index (χ2v) is 5.99. The van der Waals surface area contributed by atoms with E-state index in [4.69, 9.17) is 15.2 Å². The lowest BCUT2D eigenvalue weighted by Gasteiger charge is -2.32. The van der Waals surface area contributed by atoms with Gasteiger partial charge in [-0.2, -0.15) is 0 Å². The zero-order valence-corrected chi connectivity index (χ0v) is 12.3. The van der Waals surface area contributed by atoms with Gasteiger partial charge in [-0.05, 0) is 55.9 Å². The Kier molecular flexibility index (Phi) is 3.76. The number of hydrogen-bond donors (Lipinski definition) is 2. The summed E-state index contributed by atoms with van der Waals surface area (Å²) in [5, 5.41) is 3.43. The smallest absolute Gasteiger partial charge is 0.241 e. The molecule has 0 radical (unpaired) electrons. The summed E-state index contributed by atoms with van der Waals surface area (Å²) in [5.41, 5.74) is 4.98. The molecule has 0 spiro atoms. The molecular formula is C16H22N2O3. The molecule has 2 aliphatic carbocycles. The average molecular weight is 290 g/mol.